The highest BCUT2D eigenvalue weighted by Gasteiger charge is 2.17. The van der Waals surface area contributed by atoms with Gasteiger partial charge in [-0.2, -0.15) is 5.10 Å². The monoisotopic (exact) mass is 238 g/mol. The molecule has 0 aromatic carbocycles. The van der Waals surface area contributed by atoms with Crippen LogP contribution in [0.4, 0.5) is 0 Å². The van der Waals surface area contributed by atoms with Crippen molar-refractivity contribution in [1.29, 1.82) is 0 Å². The second kappa shape index (κ2) is 5.12. The van der Waals surface area contributed by atoms with Crippen molar-refractivity contribution in [2.75, 3.05) is 0 Å². The minimum absolute atomic E-state index is 0.248. The van der Waals surface area contributed by atoms with E-state index in [2.05, 4.69) is 5.10 Å². The van der Waals surface area contributed by atoms with E-state index in [1.54, 1.807) is 11.7 Å². The van der Waals surface area contributed by atoms with Crippen molar-refractivity contribution < 1.29 is 14.3 Å². The fourth-order valence-corrected chi connectivity index (χ4v) is 1.50. The molecule has 0 atom stereocenters. The van der Waals surface area contributed by atoms with Gasteiger partial charge in [-0.1, -0.05) is 0 Å². The molecule has 0 aliphatic rings. The van der Waals surface area contributed by atoms with Gasteiger partial charge < -0.3 is 4.74 Å². The summed E-state index contributed by atoms with van der Waals surface area (Å²) in [6.45, 7) is 5.48. The van der Waals surface area contributed by atoms with E-state index >= 15 is 0 Å². The van der Waals surface area contributed by atoms with Crippen molar-refractivity contribution in [3.05, 3.63) is 17.5 Å². The van der Waals surface area contributed by atoms with E-state index in [0.717, 1.165) is 12.0 Å². The van der Waals surface area contributed by atoms with E-state index in [4.69, 9.17) is 4.74 Å². The lowest BCUT2D eigenvalue weighted by Crippen LogP contribution is -2.24. The van der Waals surface area contributed by atoms with Gasteiger partial charge in [0.25, 0.3) is 0 Å². The molecule has 0 spiro atoms. The Labute approximate surface area is 101 Å². The van der Waals surface area contributed by atoms with Crippen molar-refractivity contribution in [2.45, 2.75) is 39.2 Å². The highest BCUT2D eigenvalue weighted by atomic mass is 16.6. The first kappa shape index (κ1) is 13.4. The van der Waals surface area contributed by atoms with Crippen LogP contribution in [0.3, 0.4) is 0 Å². The first-order chi connectivity index (χ1) is 7.83. The maximum atomic E-state index is 11.5. The van der Waals surface area contributed by atoms with Gasteiger partial charge in [-0.3, -0.25) is 14.3 Å². The number of rotatable bonds is 4. The van der Waals surface area contributed by atoms with Crippen LogP contribution in [0.15, 0.2) is 6.20 Å². The Morgan fingerprint density at radius 3 is 2.71 bits per heavy atom. The third-order valence-electron chi connectivity index (χ3n) is 2.21. The number of esters is 1. The van der Waals surface area contributed by atoms with Gasteiger partial charge >= 0.3 is 5.97 Å². The van der Waals surface area contributed by atoms with Gasteiger partial charge in [-0.05, 0) is 20.8 Å². The molecule has 1 aromatic rings. The summed E-state index contributed by atoms with van der Waals surface area (Å²) >= 11 is 0. The quantitative estimate of drug-likeness (QED) is 0.589. The molecule has 0 N–H and O–H groups in total. The van der Waals surface area contributed by atoms with Gasteiger partial charge in [0.15, 0.2) is 6.29 Å². The fraction of sp³-hybridized carbons (Fsp3) is 0.583. The number of ether oxygens (including phenoxy) is 1. The first-order valence-electron chi connectivity index (χ1n) is 5.51. The molecule has 5 heteroatoms. The molecule has 0 aliphatic heterocycles. The molecule has 94 valence electrons. The molecule has 17 heavy (non-hydrogen) atoms. The molecule has 0 saturated heterocycles. The summed E-state index contributed by atoms with van der Waals surface area (Å²) in [5, 5.41) is 3.97. The number of hydrogen-bond acceptors (Lipinski definition) is 4. The Bertz CT molecular complexity index is 416. The Morgan fingerprint density at radius 2 is 2.18 bits per heavy atom. The van der Waals surface area contributed by atoms with Gasteiger partial charge in [-0.25, -0.2) is 0 Å². The average Bonchev–Trinajstić information content (AvgIpc) is 2.53. The van der Waals surface area contributed by atoms with Crippen LogP contribution in [0, 0.1) is 0 Å². The SMILES string of the molecule is Cn1ncc(C=O)c1CCC(=O)OC(C)(C)C. The number of nitrogens with zero attached hydrogens (tertiary/aromatic N) is 2. The van der Waals surface area contributed by atoms with Gasteiger partial charge in [0, 0.05) is 19.2 Å². The van der Waals surface area contributed by atoms with Crippen LogP contribution in [0.5, 0.6) is 0 Å². The lowest BCUT2D eigenvalue weighted by atomic mass is 10.1. The number of aryl methyl sites for hydroxylation is 1. The summed E-state index contributed by atoms with van der Waals surface area (Å²) in [5.41, 5.74) is 0.804. The van der Waals surface area contributed by atoms with Crippen LogP contribution in [-0.2, 0) is 23.0 Å². The van der Waals surface area contributed by atoms with Gasteiger partial charge in [0.1, 0.15) is 5.60 Å². The summed E-state index contributed by atoms with van der Waals surface area (Å²) in [7, 11) is 1.75. The van der Waals surface area contributed by atoms with E-state index in [9.17, 15) is 9.59 Å². The van der Waals surface area contributed by atoms with Crippen molar-refractivity contribution in [3.63, 3.8) is 0 Å². The normalized spacial score (nSPS) is 11.3. The van der Waals surface area contributed by atoms with E-state index in [1.165, 1.54) is 6.20 Å². The van der Waals surface area contributed by atoms with Gasteiger partial charge in [0.2, 0.25) is 0 Å². The largest absolute Gasteiger partial charge is 0.460 e. The Kier molecular flexibility index (Phi) is 4.04. The summed E-state index contributed by atoms with van der Waals surface area (Å²) in [4.78, 5) is 22.3. The van der Waals surface area contributed by atoms with E-state index < -0.39 is 5.60 Å². The number of carbonyl (C=O) groups excluding carboxylic acids is 2. The van der Waals surface area contributed by atoms with Crippen molar-refractivity contribution in [1.82, 2.24) is 9.78 Å². The van der Waals surface area contributed by atoms with Gasteiger partial charge in [-0.15, -0.1) is 0 Å². The molecule has 1 aromatic heterocycles. The summed E-state index contributed by atoms with van der Waals surface area (Å²) in [6.07, 6.45) is 2.95. The molecule has 0 unspecified atom stereocenters. The third-order valence-corrected chi connectivity index (χ3v) is 2.21. The van der Waals surface area contributed by atoms with Crippen molar-refractivity contribution in [3.8, 4) is 0 Å². The summed E-state index contributed by atoms with van der Waals surface area (Å²) in [6, 6.07) is 0. The molecule has 0 aliphatic carbocycles. The lowest BCUT2D eigenvalue weighted by molar-refractivity contribution is -0.154. The second-order valence-electron chi connectivity index (χ2n) is 4.87. The molecule has 0 fully saturated rings. The Morgan fingerprint density at radius 1 is 1.53 bits per heavy atom. The van der Waals surface area contributed by atoms with Crippen LogP contribution in [-0.4, -0.2) is 27.6 Å². The molecule has 0 saturated carbocycles. The molecular formula is C12H18N2O3. The fourth-order valence-electron chi connectivity index (χ4n) is 1.50. The molecular weight excluding hydrogens is 220 g/mol. The number of aldehydes is 1. The molecule has 0 amide bonds. The standard InChI is InChI=1S/C12H18N2O3/c1-12(2,3)17-11(16)6-5-10-9(8-15)7-13-14(10)4/h7-8H,5-6H2,1-4H3. The minimum Gasteiger partial charge on any atom is -0.460 e. The van der Waals surface area contributed by atoms with Crippen LogP contribution >= 0.6 is 0 Å². The topological polar surface area (TPSA) is 61.2 Å². The average molecular weight is 238 g/mol. The molecule has 5 nitrogen and oxygen atoms in total. The van der Waals surface area contributed by atoms with Gasteiger partial charge in [0.05, 0.1) is 18.2 Å². The number of aromatic nitrogens is 2. The first-order valence-corrected chi connectivity index (χ1v) is 5.51. The van der Waals surface area contributed by atoms with E-state index in [-0.39, 0.29) is 12.4 Å². The Hall–Kier alpha value is -1.65. The molecule has 1 rings (SSSR count). The highest BCUT2D eigenvalue weighted by molar-refractivity contribution is 5.76. The highest BCUT2D eigenvalue weighted by Crippen LogP contribution is 2.12. The molecule has 1 heterocycles. The zero-order chi connectivity index (χ0) is 13.1. The zero-order valence-electron chi connectivity index (χ0n) is 10.7. The number of hydrogen-bond donors (Lipinski definition) is 0. The summed E-state index contributed by atoms with van der Waals surface area (Å²) < 4.78 is 6.80. The lowest BCUT2D eigenvalue weighted by Gasteiger charge is -2.19. The zero-order valence-corrected chi connectivity index (χ0v) is 10.7. The third kappa shape index (κ3) is 4.01. The smallest absolute Gasteiger partial charge is 0.306 e. The minimum atomic E-state index is -0.475. The van der Waals surface area contributed by atoms with E-state index in [0.29, 0.717) is 12.0 Å². The van der Waals surface area contributed by atoms with E-state index in [1.807, 2.05) is 20.8 Å². The van der Waals surface area contributed by atoms with Crippen LogP contribution in [0.25, 0.3) is 0 Å². The van der Waals surface area contributed by atoms with Crippen LogP contribution in [0.2, 0.25) is 0 Å². The maximum absolute atomic E-state index is 11.5. The maximum Gasteiger partial charge on any atom is 0.306 e. The summed E-state index contributed by atoms with van der Waals surface area (Å²) in [5.74, 6) is -0.268. The molecule has 0 radical (unpaired) electrons. The Balaban J connectivity index is 2.58. The second-order valence-corrected chi connectivity index (χ2v) is 4.87. The number of carbonyl (C=O) groups is 2. The predicted octanol–water partition coefficient (Wildman–Crippen LogP) is 1.51. The van der Waals surface area contributed by atoms with Crippen LogP contribution < -0.4 is 0 Å². The van der Waals surface area contributed by atoms with Crippen LogP contribution in [0.1, 0.15) is 43.2 Å². The van der Waals surface area contributed by atoms with Crippen molar-refractivity contribution >= 4 is 12.3 Å². The predicted molar refractivity (Wildman–Crippen MR) is 62.8 cm³/mol. The van der Waals surface area contributed by atoms with Crippen molar-refractivity contribution in [2.24, 2.45) is 7.05 Å². The molecule has 0 bridgehead atoms.